The van der Waals surface area contributed by atoms with E-state index in [0.29, 0.717) is 18.1 Å². The monoisotopic (exact) mass is 381 g/mol. The van der Waals surface area contributed by atoms with Gasteiger partial charge in [-0.1, -0.05) is 62.4 Å². The molecule has 28 heavy (non-hydrogen) atoms. The van der Waals surface area contributed by atoms with Crippen molar-refractivity contribution in [1.29, 1.82) is 0 Å². The third-order valence-electron chi connectivity index (χ3n) is 6.28. The van der Waals surface area contributed by atoms with E-state index in [1.54, 1.807) is 7.11 Å². The van der Waals surface area contributed by atoms with Gasteiger partial charge in [0.1, 0.15) is 5.75 Å². The van der Waals surface area contributed by atoms with E-state index < -0.39 is 0 Å². The highest BCUT2D eigenvalue weighted by atomic mass is 16.5. The molecule has 1 N–H and O–H groups in total. The lowest BCUT2D eigenvalue weighted by molar-refractivity contribution is -0.0474. The predicted octanol–water partition coefficient (Wildman–Crippen LogP) is 5.51. The molecule has 1 fully saturated rings. The second-order valence-corrected chi connectivity index (χ2v) is 8.42. The molecule has 152 valence electrons. The average Bonchev–Trinajstić information content (AvgIpc) is 2.74. The molecule has 0 bridgehead atoms. The molecule has 0 spiro atoms. The largest absolute Gasteiger partial charge is 0.496 e. The summed E-state index contributed by atoms with van der Waals surface area (Å²) in [6, 6.07) is 19.6. The Morgan fingerprint density at radius 3 is 2.50 bits per heavy atom. The van der Waals surface area contributed by atoms with Crippen LogP contribution >= 0.6 is 0 Å². The van der Waals surface area contributed by atoms with Crippen LogP contribution in [0.3, 0.4) is 0 Å². The summed E-state index contributed by atoms with van der Waals surface area (Å²) < 4.78 is 11.9. The van der Waals surface area contributed by atoms with E-state index >= 15 is 0 Å². The third kappa shape index (κ3) is 4.76. The molecule has 1 aliphatic heterocycles. The molecule has 2 aromatic rings. The molecule has 3 heteroatoms. The summed E-state index contributed by atoms with van der Waals surface area (Å²) in [5, 5.41) is 3.74. The molecule has 0 amide bonds. The molecular formula is C25H35NO2. The van der Waals surface area contributed by atoms with Crippen molar-refractivity contribution in [2.24, 2.45) is 5.92 Å². The molecule has 0 saturated carbocycles. The summed E-state index contributed by atoms with van der Waals surface area (Å²) in [5.41, 5.74) is 2.75. The number of methoxy groups -OCH3 is 1. The van der Waals surface area contributed by atoms with E-state index in [2.05, 4.69) is 80.7 Å². The minimum absolute atomic E-state index is 0.0865. The fourth-order valence-corrected chi connectivity index (χ4v) is 4.46. The van der Waals surface area contributed by atoms with E-state index in [1.807, 2.05) is 0 Å². The highest BCUT2D eigenvalue weighted by molar-refractivity contribution is 5.40. The smallest absolute Gasteiger partial charge is 0.122 e. The van der Waals surface area contributed by atoms with Crippen LogP contribution in [0.15, 0.2) is 54.6 Å². The van der Waals surface area contributed by atoms with E-state index in [4.69, 9.17) is 9.47 Å². The summed E-state index contributed by atoms with van der Waals surface area (Å²) in [6.07, 6.45) is 3.46. The van der Waals surface area contributed by atoms with Crippen LogP contribution in [0, 0.1) is 5.92 Å². The Balaban J connectivity index is 1.79. The summed E-state index contributed by atoms with van der Waals surface area (Å²) in [5.74, 6) is 1.52. The summed E-state index contributed by atoms with van der Waals surface area (Å²) >= 11 is 0. The Labute approximate surface area is 170 Å². The Morgan fingerprint density at radius 2 is 1.79 bits per heavy atom. The van der Waals surface area contributed by atoms with Crippen LogP contribution in [0.1, 0.15) is 57.2 Å². The minimum atomic E-state index is 0.0865. The number of rotatable bonds is 8. The zero-order valence-electron chi connectivity index (χ0n) is 17.8. The van der Waals surface area contributed by atoms with Crippen LogP contribution in [0.5, 0.6) is 5.75 Å². The van der Waals surface area contributed by atoms with Crippen LogP contribution in [0.25, 0.3) is 0 Å². The van der Waals surface area contributed by atoms with Gasteiger partial charge in [0.05, 0.1) is 13.2 Å². The topological polar surface area (TPSA) is 30.5 Å². The lowest BCUT2D eigenvalue weighted by atomic mass is 9.68. The van der Waals surface area contributed by atoms with Crippen molar-refractivity contribution >= 4 is 0 Å². The van der Waals surface area contributed by atoms with Crippen molar-refractivity contribution in [1.82, 2.24) is 5.32 Å². The van der Waals surface area contributed by atoms with E-state index in [9.17, 15) is 0 Å². The van der Waals surface area contributed by atoms with Gasteiger partial charge in [0.15, 0.2) is 0 Å². The summed E-state index contributed by atoms with van der Waals surface area (Å²) in [6.45, 7) is 8.55. The average molecular weight is 382 g/mol. The van der Waals surface area contributed by atoms with Gasteiger partial charge in [-0.2, -0.15) is 0 Å². The van der Waals surface area contributed by atoms with Crippen molar-refractivity contribution in [3.8, 4) is 5.75 Å². The molecule has 0 aromatic heterocycles. The van der Waals surface area contributed by atoms with Gasteiger partial charge in [-0.25, -0.2) is 0 Å². The van der Waals surface area contributed by atoms with Crippen molar-refractivity contribution in [3.05, 3.63) is 65.7 Å². The lowest BCUT2D eigenvalue weighted by Crippen LogP contribution is -2.43. The van der Waals surface area contributed by atoms with Crippen LogP contribution < -0.4 is 10.1 Å². The quantitative estimate of drug-likeness (QED) is 0.654. The Bertz CT molecular complexity index is 730. The molecule has 0 radical (unpaired) electrons. The van der Waals surface area contributed by atoms with Crippen LogP contribution in [0.2, 0.25) is 0 Å². The normalized spacial score (nSPS) is 23.5. The first-order valence-corrected chi connectivity index (χ1v) is 10.6. The van der Waals surface area contributed by atoms with Gasteiger partial charge in [0, 0.05) is 23.6 Å². The Kier molecular flexibility index (Phi) is 7.14. The molecule has 3 nitrogen and oxygen atoms in total. The Morgan fingerprint density at radius 1 is 1.07 bits per heavy atom. The maximum Gasteiger partial charge on any atom is 0.122 e. The number of hydrogen-bond acceptors (Lipinski definition) is 3. The molecule has 3 atom stereocenters. The van der Waals surface area contributed by atoms with Crippen LogP contribution in [0.4, 0.5) is 0 Å². The van der Waals surface area contributed by atoms with Crippen molar-refractivity contribution in [2.75, 3.05) is 20.3 Å². The Hall–Kier alpha value is -1.84. The van der Waals surface area contributed by atoms with E-state index in [1.165, 1.54) is 11.1 Å². The van der Waals surface area contributed by atoms with Gasteiger partial charge in [0.25, 0.3) is 0 Å². The second kappa shape index (κ2) is 9.58. The van der Waals surface area contributed by atoms with Crippen molar-refractivity contribution < 1.29 is 9.47 Å². The molecule has 1 aliphatic rings. The fraction of sp³-hybridized carbons (Fsp3) is 0.520. The SMILES string of the molecule is COc1ccccc1[C@]1(CCN[C@H](C)c2ccccc2)CCO[C@@H](C(C)C)C1. The van der Waals surface area contributed by atoms with Gasteiger partial charge in [-0.3, -0.25) is 0 Å². The fourth-order valence-electron chi connectivity index (χ4n) is 4.46. The first-order valence-electron chi connectivity index (χ1n) is 10.6. The molecule has 3 rings (SSSR count). The van der Waals surface area contributed by atoms with Gasteiger partial charge < -0.3 is 14.8 Å². The maximum absolute atomic E-state index is 6.13. The zero-order chi connectivity index (χ0) is 20.0. The first-order chi connectivity index (χ1) is 13.6. The van der Waals surface area contributed by atoms with Crippen molar-refractivity contribution in [3.63, 3.8) is 0 Å². The molecule has 1 heterocycles. The molecule has 0 unspecified atom stereocenters. The molecule has 0 aliphatic carbocycles. The summed E-state index contributed by atoms with van der Waals surface area (Å²) in [4.78, 5) is 0. The number of benzene rings is 2. The highest BCUT2D eigenvalue weighted by Gasteiger charge is 2.40. The van der Waals surface area contributed by atoms with E-state index in [-0.39, 0.29) is 5.41 Å². The van der Waals surface area contributed by atoms with E-state index in [0.717, 1.165) is 38.2 Å². The number of para-hydroxylation sites is 1. The third-order valence-corrected chi connectivity index (χ3v) is 6.28. The molecule has 2 aromatic carbocycles. The standard InChI is InChI=1S/C25H35NO2/c1-19(2)24-18-25(15-17-28-24,22-12-8-9-13-23(22)27-4)14-16-26-20(3)21-10-6-5-7-11-21/h5-13,19-20,24,26H,14-18H2,1-4H3/t20-,24-,25-/m1/s1. The minimum Gasteiger partial charge on any atom is -0.496 e. The van der Waals surface area contributed by atoms with Gasteiger partial charge in [-0.05, 0) is 50.3 Å². The lowest BCUT2D eigenvalue weighted by Gasteiger charge is -2.43. The van der Waals surface area contributed by atoms with Gasteiger partial charge >= 0.3 is 0 Å². The van der Waals surface area contributed by atoms with Crippen LogP contribution in [-0.4, -0.2) is 26.4 Å². The highest BCUT2D eigenvalue weighted by Crippen LogP contribution is 2.45. The first kappa shape index (κ1) is 20.9. The van der Waals surface area contributed by atoms with Crippen LogP contribution in [-0.2, 0) is 10.2 Å². The van der Waals surface area contributed by atoms with Crippen molar-refractivity contribution in [2.45, 2.75) is 57.6 Å². The number of hydrogen-bond donors (Lipinski definition) is 1. The zero-order valence-corrected chi connectivity index (χ0v) is 17.8. The van der Waals surface area contributed by atoms with Gasteiger partial charge in [0.2, 0.25) is 0 Å². The maximum atomic E-state index is 6.13. The number of ether oxygens (including phenoxy) is 2. The predicted molar refractivity (Wildman–Crippen MR) is 116 cm³/mol. The second-order valence-electron chi connectivity index (χ2n) is 8.42. The van der Waals surface area contributed by atoms with Gasteiger partial charge in [-0.15, -0.1) is 0 Å². The molecule has 1 saturated heterocycles. The summed E-state index contributed by atoms with van der Waals surface area (Å²) in [7, 11) is 1.78. The molecular weight excluding hydrogens is 346 g/mol. The number of nitrogens with one attached hydrogen (secondary N) is 1.